The highest BCUT2D eigenvalue weighted by Crippen LogP contribution is 2.48. The third-order valence-electron chi connectivity index (χ3n) is 4.39. The molecule has 0 bridgehead atoms. The van der Waals surface area contributed by atoms with Crippen molar-refractivity contribution >= 4 is 0 Å². The summed E-state index contributed by atoms with van der Waals surface area (Å²) < 4.78 is 0. The molecule has 0 saturated heterocycles. The molecule has 0 spiro atoms. The fourth-order valence-corrected chi connectivity index (χ4v) is 2.54. The Kier molecular flexibility index (Phi) is 3.58. The summed E-state index contributed by atoms with van der Waals surface area (Å²) in [5.74, 6) is 0. The summed E-state index contributed by atoms with van der Waals surface area (Å²) in [5.41, 5.74) is 4.84. The quantitative estimate of drug-likeness (QED) is 0.803. The van der Waals surface area contributed by atoms with Crippen molar-refractivity contribution in [1.82, 2.24) is 5.32 Å². The third-order valence-corrected chi connectivity index (χ3v) is 4.39. The standard InChI is InChI=1S/C16H25N/c1-5-16(8-9-16)11-17-14(4)15-10-12(2)6-7-13(15)3/h6-7,10,14,17H,5,8-9,11H2,1-4H3. The second-order valence-corrected chi connectivity index (χ2v) is 5.82. The van der Waals surface area contributed by atoms with E-state index in [0.29, 0.717) is 11.5 Å². The molecule has 0 radical (unpaired) electrons. The first-order chi connectivity index (χ1) is 8.06. The summed E-state index contributed by atoms with van der Waals surface area (Å²) in [7, 11) is 0. The van der Waals surface area contributed by atoms with Gasteiger partial charge >= 0.3 is 0 Å². The van der Waals surface area contributed by atoms with Crippen LogP contribution in [0.1, 0.15) is 55.8 Å². The highest BCUT2D eigenvalue weighted by molar-refractivity contribution is 5.32. The van der Waals surface area contributed by atoms with E-state index in [0.717, 1.165) is 0 Å². The number of rotatable bonds is 5. The molecule has 0 aliphatic heterocycles. The summed E-state index contributed by atoms with van der Waals surface area (Å²) in [6.07, 6.45) is 4.14. The molecule has 17 heavy (non-hydrogen) atoms. The second-order valence-electron chi connectivity index (χ2n) is 5.82. The fourth-order valence-electron chi connectivity index (χ4n) is 2.54. The molecular weight excluding hydrogens is 206 g/mol. The van der Waals surface area contributed by atoms with Gasteiger partial charge in [-0.2, -0.15) is 0 Å². The van der Waals surface area contributed by atoms with Gasteiger partial charge in [-0.25, -0.2) is 0 Å². The molecule has 0 aromatic heterocycles. The Labute approximate surface area is 106 Å². The van der Waals surface area contributed by atoms with Crippen molar-refractivity contribution in [3.05, 3.63) is 34.9 Å². The molecule has 1 aliphatic rings. The van der Waals surface area contributed by atoms with Crippen LogP contribution in [0.15, 0.2) is 18.2 Å². The van der Waals surface area contributed by atoms with Gasteiger partial charge in [0.05, 0.1) is 0 Å². The lowest BCUT2D eigenvalue weighted by molar-refractivity contribution is 0.414. The van der Waals surface area contributed by atoms with Crippen LogP contribution >= 0.6 is 0 Å². The van der Waals surface area contributed by atoms with Gasteiger partial charge in [0.2, 0.25) is 0 Å². The van der Waals surface area contributed by atoms with Gasteiger partial charge in [-0.1, -0.05) is 30.7 Å². The highest BCUT2D eigenvalue weighted by atomic mass is 14.9. The van der Waals surface area contributed by atoms with Crippen molar-refractivity contribution < 1.29 is 0 Å². The van der Waals surface area contributed by atoms with Gasteiger partial charge in [0, 0.05) is 12.6 Å². The molecule has 2 rings (SSSR count). The lowest BCUT2D eigenvalue weighted by Gasteiger charge is -2.21. The molecule has 0 amide bonds. The molecule has 1 fully saturated rings. The predicted octanol–water partition coefficient (Wildman–Crippen LogP) is 4.14. The van der Waals surface area contributed by atoms with Gasteiger partial charge in [0.15, 0.2) is 0 Å². The molecule has 1 aromatic carbocycles. The minimum absolute atomic E-state index is 0.471. The smallest absolute Gasteiger partial charge is 0.0294 e. The Hall–Kier alpha value is -0.820. The molecule has 94 valence electrons. The van der Waals surface area contributed by atoms with Crippen molar-refractivity contribution in [1.29, 1.82) is 0 Å². The molecule has 1 aromatic rings. The van der Waals surface area contributed by atoms with Crippen molar-refractivity contribution in [2.45, 2.75) is 53.0 Å². The number of aryl methyl sites for hydroxylation is 2. The van der Waals surface area contributed by atoms with Crippen LogP contribution in [-0.2, 0) is 0 Å². The van der Waals surface area contributed by atoms with Crippen LogP contribution in [0, 0.1) is 19.3 Å². The summed E-state index contributed by atoms with van der Waals surface area (Å²) in [5, 5.41) is 3.72. The van der Waals surface area contributed by atoms with Gasteiger partial charge in [-0.15, -0.1) is 0 Å². The minimum atomic E-state index is 0.471. The SMILES string of the molecule is CCC1(CNC(C)c2cc(C)ccc2C)CC1. The largest absolute Gasteiger partial charge is 0.310 e. The fraction of sp³-hybridized carbons (Fsp3) is 0.625. The summed E-state index contributed by atoms with van der Waals surface area (Å²) in [6.45, 7) is 10.2. The highest BCUT2D eigenvalue weighted by Gasteiger charge is 2.40. The molecule has 1 atom stereocenters. The Bertz CT molecular complexity index is 391. The van der Waals surface area contributed by atoms with Crippen LogP contribution in [0.2, 0.25) is 0 Å². The molecule has 1 aliphatic carbocycles. The zero-order valence-electron chi connectivity index (χ0n) is 11.6. The van der Waals surface area contributed by atoms with E-state index < -0.39 is 0 Å². The van der Waals surface area contributed by atoms with E-state index >= 15 is 0 Å². The normalized spacial score (nSPS) is 19.1. The van der Waals surface area contributed by atoms with Crippen LogP contribution in [0.4, 0.5) is 0 Å². The van der Waals surface area contributed by atoms with Crippen molar-refractivity contribution in [2.24, 2.45) is 5.41 Å². The lowest BCUT2D eigenvalue weighted by Crippen LogP contribution is -2.27. The van der Waals surface area contributed by atoms with Crippen LogP contribution in [-0.4, -0.2) is 6.54 Å². The van der Waals surface area contributed by atoms with Crippen molar-refractivity contribution in [2.75, 3.05) is 6.54 Å². The molecule has 1 saturated carbocycles. The van der Waals surface area contributed by atoms with Gasteiger partial charge in [-0.05, 0) is 56.6 Å². The van der Waals surface area contributed by atoms with Crippen LogP contribution in [0.5, 0.6) is 0 Å². The van der Waals surface area contributed by atoms with Gasteiger partial charge in [-0.3, -0.25) is 0 Å². The van der Waals surface area contributed by atoms with Gasteiger partial charge in [0.1, 0.15) is 0 Å². The zero-order valence-corrected chi connectivity index (χ0v) is 11.6. The van der Waals surface area contributed by atoms with E-state index in [-0.39, 0.29) is 0 Å². The van der Waals surface area contributed by atoms with E-state index in [4.69, 9.17) is 0 Å². The Morgan fingerprint density at radius 3 is 2.59 bits per heavy atom. The van der Waals surface area contributed by atoms with Crippen molar-refractivity contribution in [3.63, 3.8) is 0 Å². The summed E-state index contributed by atoms with van der Waals surface area (Å²) in [6, 6.07) is 7.22. The monoisotopic (exact) mass is 231 g/mol. The third kappa shape index (κ3) is 2.90. The first kappa shape index (κ1) is 12.6. The van der Waals surface area contributed by atoms with E-state index in [1.165, 1.54) is 42.5 Å². The maximum absolute atomic E-state index is 3.72. The van der Waals surface area contributed by atoms with E-state index in [9.17, 15) is 0 Å². The van der Waals surface area contributed by atoms with Crippen LogP contribution < -0.4 is 5.32 Å². The van der Waals surface area contributed by atoms with E-state index in [1.807, 2.05) is 0 Å². The molecule has 0 heterocycles. The predicted molar refractivity (Wildman–Crippen MR) is 74.3 cm³/mol. The topological polar surface area (TPSA) is 12.0 Å². The number of nitrogens with one attached hydrogen (secondary N) is 1. The van der Waals surface area contributed by atoms with Gasteiger partial charge < -0.3 is 5.32 Å². The first-order valence-corrected chi connectivity index (χ1v) is 6.87. The van der Waals surface area contributed by atoms with E-state index in [1.54, 1.807) is 0 Å². The second kappa shape index (κ2) is 4.81. The maximum atomic E-state index is 3.72. The molecule has 1 heteroatoms. The average Bonchev–Trinajstić information content (AvgIpc) is 3.10. The zero-order chi connectivity index (χ0) is 12.5. The molecular formula is C16H25N. The molecule has 1 N–H and O–H groups in total. The molecule has 1 unspecified atom stereocenters. The summed E-state index contributed by atoms with van der Waals surface area (Å²) in [4.78, 5) is 0. The summed E-state index contributed by atoms with van der Waals surface area (Å²) >= 11 is 0. The Balaban J connectivity index is 1.99. The number of hydrogen-bond donors (Lipinski definition) is 1. The average molecular weight is 231 g/mol. The minimum Gasteiger partial charge on any atom is -0.310 e. The molecule has 1 nitrogen and oxygen atoms in total. The van der Waals surface area contributed by atoms with Crippen LogP contribution in [0.3, 0.4) is 0 Å². The van der Waals surface area contributed by atoms with Gasteiger partial charge in [0.25, 0.3) is 0 Å². The first-order valence-electron chi connectivity index (χ1n) is 6.87. The Morgan fingerprint density at radius 2 is 2.00 bits per heavy atom. The van der Waals surface area contributed by atoms with Crippen molar-refractivity contribution in [3.8, 4) is 0 Å². The number of hydrogen-bond acceptors (Lipinski definition) is 1. The van der Waals surface area contributed by atoms with Crippen LogP contribution in [0.25, 0.3) is 0 Å². The lowest BCUT2D eigenvalue weighted by atomic mass is 9.98. The Morgan fingerprint density at radius 1 is 1.29 bits per heavy atom. The van der Waals surface area contributed by atoms with E-state index in [2.05, 4.69) is 51.2 Å². The maximum Gasteiger partial charge on any atom is 0.0294 e. The number of benzene rings is 1.